The molecule has 0 spiro atoms. The summed E-state index contributed by atoms with van der Waals surface area (Å²) in [5.41, 5.74) is 0. The van der Waals surface area contributed by atoms with Crippen molar-refractivity contribution in [3.8, 4) is 0 Å². The van der Waals surface area contributed by atoms with Crippen molar-refractivity contribution in [3.05, 3.63) is 182 Å². The molecule has 0 saturated heterocycles. The number of rotatable bonds is 7. The SMILES string of the molecule is [Pt+2].[S-]CC[S-].c1ccc([PH+](c2ccccc2)c2ccccc2)cc1.c1ccc([PH+](c2ccccc2)c2ccccc2)cc1. The molecule has 5 heteroatoms. The molecule has 0 N–H and O–H groups in total. The summed E-state index contributed by atoms with van der Waals surface area (Å²) in [5.74, 6) is 1.44. The fraction of sp³-hybridized carbons (Fsp3) is 0.0526. The first-order chi connectivity index (χ1) is 20.8. The van der Waals surface area contributed by atoms with Crippen molar-refractivity contribution in [1.82, 2.24) is 0 Å². The monoisotopic (exact) mass is 813 g/mol. The van der Waals surface area contributed by atoms with E-state index in [2.05, 4.69) is 207 Å². The van der Waals surface area contributed by atoms with E-state index in [1.165, 1.54) is 31.8 Å². The van der Waals surface area contributed by atoms with Crippen LogP contribution >= 0.6 is 15.8 Å². The van der Waals surface area contributed by atoms with Crippen LogP contribution in [0.4, 0.5) is 0 Å². The topological polar surface area (TPSA) is 0 Å². The van der Waals surface area contributed by atoms with E-state index in [9.17, 15) is 0 Å². The second kappa shape index (κ2) is 20.5. The summed E-state index contributed by atoms with van der Waals surface area (Å²) >= 11 is 8.90. The van der Waals surface area contributed by atoms with Gasteiger partial charge in [-0.1, -0.05) is 109 Å². The van der Waals surface area contributed by atoms with Gasteiger partial charge in [-0.3, -0.25) is 0 Å². The summed E-state index contributed by atoms with van der Waals surface area (Å²) in [6.45, 7) is 0. The second-order valence-corrected chi connectivity index (χ2v) is 15.1. The molecule has 0 saturated carbocycles. The molecule has 0 bridgehead atoms. The Morgan fingerprint density at radius 2 is 0.419 bits per heavy atom. The van der Waals surface area contributed by atoms with E-state index in [0.29, 0.717) is 0 Å². The van der Waals surface area contributed by atoms with Crippen molar-refractivity contribution in [2.24, 2.45) is 0 Å². The van der Waals surface area contributed by atoms with E-state index >= 15 is 0 Å². The molecule has 218 valence electrons. The largest absolute Gasteiger partial charge is 2.00 e. The summed E-state index contributed by atoms with van der Waals surface area (Å²) in [7, 11) is -1.75. The minimum Gasteiger partial charge on any atom is -0.794 e. The molecule has 6 rings (SSSR count). The van der Waals surface area contributed by atoms with Gasteiger partial charge in [-0.05, 0) is 72.8 Å². The van der Waals surface area contributed by atoms with Gasteiger partial charge in [0.15, 0.2) is 0 Å². The Bertz CT molecular complexity index is 1220. The van der Waals surface area contributed by atoms with Crippen LogP contribution in [0.25, 0.3) is 0 Å². The molecule has 0 fully saturated rings. The van der Waals surface area contributed by atoms with E-state index in [1.807, 2.05) is 0 Å². The predicted molar refractivity (Wildman–Crippen MR) is 198 cm³/mol. The zero-order chi connectivity index (χ0) is 29.2. The third-order valence-corrected chi connectivity index (χ3v) is 12.6. The fourth-order valence-electron chi connectivity index (χ4n) is 4.63. The van der Waals surface area contributed by atoms with Crippen molar-refractivity contribution in [2.45, 2.75) is 0 Å². The molecule has 0 aromatic heterocycles. The first-order valence-corrected chi connectivity index (χ1v) is 18.2. The fourth-order valence-corrected chi connectivity index (χ4v) is 9.78. The summed E-state index contributed by atoms with van der Waals surface area (Å²) in [5, 5.41) is 8.61. The van der Waals surface area contributed by atoms with Crippen molar-refractivity contribution in [1.29, 1.82) is 0 Å². The van der Waals surface area contributed by atoms with E-state index in [-0.39, 0.29) is 21.1 Å². The first-order valence-electron chi connectivity index (χ1n) is 14.0. The van der Waals surface area contributed by atoms with E-state index in [0.717, 1.165) is 11.5 Å². The van der Waals surface area contributed by atoms with Crippen LogP contribution in [-0.2, 0) is 46.3 Å². The first kappa shape index (κ1) is 35.1. The van der Waals surface area contributed by atoms with E-state index < -0.39 is 15.8 Å². The van der Waals surface area contributed by atoms with Crippen LogP contribution in [0.15, 0.2) is 182 Å². The maximum atomic E-state index is 4.45. The Balaban J connectivity index is 0.000000206. The molecule has 43 heavy (non-hydrogen) atoms. The van der Waals surface area contributed by atoms with Crippen LogP contribution < -0.4 is 31.8 Å². The minimum absolute atomic E-state index is 0. The van der Waals surface area contributed by atoms with E-state index in [1.54, 1.807) is 0 Å². The van der Waals surface area contributed by atoms with Crippen molar-refractivity contribution in [2.75, 3.05) is 11.5 Å². The maximum Gasteiger partial charge on any atom is 2.00 e. The van der Waals surface area contributed by atoms with Gasteiger partial charge in [-0.15, -0.1) is 0 Å². The van der Waals surface area contributed by atoms with Gasteiger partial charge in [0.1, 0.15) is 31.8 Å². The van der Waals surface area contributed by atoms with E-state index in [4.69, 9.17) is 0 Å². The standard InChI is InChI=1S/2C18H15P.C2H6S2.Pt/c2*1-4-10-16(11-5-1)19(17-12-6-2-7-13-17)18-14-8-3-9-15-18;3-1-2-4;/h2*1-15H;3-4H,1-2H2;/q;;;+2. The summed E-state index contributed by atoms with van der Waals surface area (Å²) < 4.78 is 0. The molecule has 0 atom stereocenters. The Hall–Kier alpha value is -2.43. The second-order valence-electron chi connectivity index (χ2n) is 9.35. The van der Waals surface area contributed by atoms with Gasteiger partial charge in [0.25, 0.3) is 0 Å². The molecule has 0 nitrogen and oxygen atoms in total. The molecule has 0 aliphatic carbocycles. The van der Waals surface area contributed by atoms with Gasteiger partial charge in [-0.25, -0.2) is 0 Å². The van der Waals surface area contributed by atoms with Gasteiger partial charge >= 0.3 is 21.1 Å². The van der Waals surface area contributed by atoms with Crippen LogP contribution in [0.3, 0.4) is 0 Å². The molecular weight excluding hydrogens is 778 g/mol. The van der Waals surface area contributed by atoms with Gasteiger partial charge < -0.3 is 25.3 Å². The van der Waals surface area contributed by atoms with Crippen LogP contribution in [0.2, 0.25) is 0 Å². The Morgan fingerprint density at radius 3 is 0.535 bits per heavy atom. The van der Waals surface area contributed by atoms with Gasteiger partial charge in [0, 0.05) is 0 Å². The molecule has 0 amide bonds. The van der Waals surface area contributed by atoms with Gasteiger partial charge in [-0.2, -0.15) is 11.5 Å². The zero-order valence-corrected chi connectivity index (χ0v) is 29.8. The number of benzene rings is 6. The van der Waals surface area contributed by atoms with Crippen molar-refractivity contribution < 1.29 is 21.1 Å². The quantitative estimate of drug-likeness (QED) is 0.135. The average Bonchev–Trinajstić information content (AvgIpc) is 3.08. The zero-order valence-electron chi connectivity index (χ0n) is 23.9. The molecule has 6 aromatic rings. The minimum atomic E-state index is -0.877. The molecule has 0 unspecified atom stereocenters. The maximum absolute atomic E-state index is 4.45. The molecule has 0 heterocycles. The van der Waals surface area contributed by atoms with Crippen LogP contribution in [-0.4, -0.2) is 11.5 Å². The van der Waals surface area contributed by atoms with Crippen LogP contribution in [0.5, 0.6) is 0 Å². The number of hydrogen-bond acceptors (Lipinski definition) is 2. The normalized spacial score (nSPS) is 10.0. The van der Waals surface area contributed by atoms with Crippen LogP contribution in [0.1, 0.15) is 0 Å². The summed E-state index contributed by atoms with van der Waals surface area (Å²) in [6.07, 6.45) is 0. The van der Waals surface area contributed by atoms with Crippen molar-refractivity contribution in [3.63, 3.8) is 0 Å². The molecular formula is C38H36P2PtS2+2. The third kappa shape index (κ3) is 11.2. The number of hydrogen-bond donors (Lipinski definition) is 0. The Labute approximate surface area is 285 Å². The molecule has 0 aliphatic heterocycles. The van der Waals surface area contributed by atoms with Gasteiger partial charge in [0.2, 0.25) is 0 Å². The average molecular weight is 814 g/mol. The van der Waals surface area contributed by atoms with Gasteiger partial charge in [0.05, 0.1) is 15.8 Å². The molecule has 6 aromatic carbocycles. The summed E-state index contributed by atoms with van der Waals surface area (Å²) in [4.78, 5) is 0. The molecule has 0 aliphatic rings. The third-order valence-electron chi connectivity index (χ3n) is 6.46. The van der Waals surface area contributed by atoms with Crippen molar-refractivity contribution >= 4 is 72.9 Å². The predicted octanol–water partition coefficient (Wildman–Crippen LogP) is 6.43. The molecule has 0 radical (unpaired) electrons. The Morgan fingerprint density at radius 1 is 0.279 bits per heavy atom. The smallest absolute Gasteiger partial charge is 0.794 e. The van der Waals surface area contributed by atoms with Crippen LogP contribution in [0, 0.1) is 0 Å². The summed E-state index contributed by atoms with van der Waals surface area (Å²) in [6, 6.07) is 65.0. The Kier molecular flexibility index (Phi) is 16.7.